The molecule has 1 aromatic heterocycles. The molecule has 0 radical (unpaired) electrons. The van der Waals surface area contributed by atoms with E-state index in [9.17, 15) is 0 Å². The lowest BCUT2D eigenvalue weighted by atomic mass is 10.4. The van der Waals surface area contributed by atoms with E-state index in [1.54, 1.807) is 0 Å². The fourth-order valence-electron chi connectivity index (χ4n) is 0.700. The summed E-state index contributed by atoms with van der Waals surface area (Å²) in [6, 6.07) is 2.10. The fourth-order valence-corrected chi connectivity index (χ4v) is 1.07. The molecule has 0 N–H and O–H groups in total. The first-order valence-corrected chi connectivity index (χ1v) is 4.32. The monoisotopic (exact) mass is 236 g/mol. The number of halogens is 1. The Bertz CT molecular complexity index is 185. The van der Waals surface area contributed by atoms with Crippen molar-refractivity contribution in [2.24, 2.45) is 7.05 Å². The molecule has 9 heavy (non-hydrogen) atoms. The molecule has 0 aliphatic carbocycles. The molecule has 0 fully saturated rings. The lowest BCUT2D eigenvalue weighted by molar-refractivity contribution is 0.731. The van der Waals surface area contributed by atoms with E-state index in [1.165, 1.54) is 5.69 Å². The van der Waals surface area contributed by atoms with E-state index < -0.39 is 0 Å². The summed E-state index contributed by atoms with van der Waals surface area (Å²) < 4.78 is 2.90. The van der Waals surface area contributed by atoms with Crippen LogP contribution >= 0.6 is 22.6 Å². The minimum Gasteiger partial charge on any atom is -0.273 e. The number of rotatable bonds is 1. The average Bonchev–Trinajstić information content (AvgIpc) is 2.13. The first kappa shape index (κ1) is 7.05. The van der Waals surface area contributed by atoms with Gasteiger partial charge in [0.15, 0.2) is 0 Å². The molecule has 1 aromatic rings. The zero-order valence-electron chi connectivity index (χ0n) is 5.56. The van der Waals surface area contributed by atoms with E-state index in [0.29, 0.717) is 0 Å². The molecule has 0 bridgehead atoms. The minimum atomic E-state index is 0.999. The van der Waals surface area contributed by atoms with Crippen LogP contribution in [0.1, 0.15) is 11.4 Å². The van der Waals surface area contributed by atoms with E-state index in [2.05, 4.69) is 40.7 Å². The van der Waals surface area contributed by atoms with Crippen molar-refractivity contribution in [3.05, 3.63) is 17.5 Å². The smallest absolute Gasteiger partial charge is 0.0724 e. The van der Waals surface area contributed by atoms with Crippen LogP contribution in [0.4, 0.5) is 0 Å². The van der Waals surface area contributed by atoms with Crippen LogP contribution in [0.3, 0.4) is 0 Å². The molecule has 0 amide bonds. The van der Waals surface area contributed by atoms with Crippen LogP contribution in [-0.2, 0) is 11.5 Å². The second-order valence-corrected chi connectivity index (χ2v) is 2.80. The van der Waals surface area contributed by atoms with Gasteiger partial charge in [0.25, 0.3) is 0 Å². The summed E-state index contributed by atoms with van der Waals surface area (Å²) in [5, 5.41) is 4.24. The predicted molar refractivity (Wildman–Crippen MR) is 45.7 cm³/mol. The summed E-state index contributed by atoms with van der Waals surface area (Å²) in [5.41, 5.74) is 2.39. The van der Waals surface area contributed by atoms with Gasteiger partial charge in [-0.25, -0.2) is 0 Å². The molecule has 2 nitrogen and oxygen atoms in total. The van der Waals surface area contributed by atoms with Crippen LogP contribution in [-0.4, -0.2) is 9.78 Å². The van der Waals surface area contributed by atoms with Crippen molar-refractivity contribution in [3.63, 3.8) is 0 Å². The summed E-state index contributed by atoms with van der Waals surface area (Å²) in [4.78, 5) is 0. The first-order valence-electron chi connectivity index (χ1n) is 2.79. The number of alkyl halides is 1. The van der Waals surface area contributed by atoms with Gasteiger partial charge in [0, 0.05) is 17.2 Å². The van der Waals surface area contributed by atoms with E-state index in [1.807, 2.05) is 11.7 Å². The third-order valence-corrected chi connectivity index (χ3v) is 2.08. The Kier molecular flexibility index (Phi) is 2.10. The molecule has 1 rings (SSSR count). The van der Waals surface area contributed by atoms with Gasteiger partial charge >= 0.3 is 0 Å². The Labute approximate surface area is 68.4 Å². The minimum absolute atomic E-state index is 0.999. The number of hydrogen-bond donors (Lipinski definition) is 0. The summed E-state index contributed by atoms with van der Waals surface area (Å²) in [6.45, 7) is 2.06. The molecule has 0 aliphatic heterocycles. The molecule has 0 aromatic carbocycles. The van der Waals surface area contributed by atoms with Gasteiger partial charge in [-0.2, -0.15) is 5.10 Å². The van der Waals surface area contributed by atoms with Crippen molar-refractivity contribution >= 4 is 22.6 Å². The Morgan fingerprint density at radius 2 is 2.44 bits per heavy atom. The molecular formula is C6H9IN2. The highest BCUT2D eigenvalue weighted by Gasteiger charge is 1.96. The summed E-state index contributed by atoms with van der Waals surface area (Å²) >= 11 is 2.31. The van der Waals surface area contributed by atoms with E-state index >= 15 is 0 Å². The van der Waals surface area contributed by atoms with Crippen LogP contribution in [0.25, 0.3) is 0 Å². The van der Waals surface area contributed by atoms with Crippen LogP contribution in [0.15, 0.2) is 6.07 Å². The van der Waals surface area contributed by atoms with Gasteiger partial charge in [-0.05, 0) is 13.0 Å². The third kappa shape index (κ3) is 1.44. The van der Waals surface area contributed by atoms with Crippen molar-refractivity contribution in [2.75, 3.05) is 0 Å². The van der Waals surface area contributed by atoms with Gasteiger partial charge in [0.2, 0.25) is 0 Å². The van der Waals surface area contributed by atoms with Crippen LogP contribution in [0.2, 0.25) is 0 Å². The summed E-state index contributed by atoms with van der Waals surface area (Å²) in [5.74, 6) is 0. The molecular weight excluding hydrogens is 227 g/mol. The largest absolute Gasteiger partial charge is 0.273 e. The molecule has 0 spiro atoms. The Balaban J connectivity index is 2.98. The quantitative estimate of drug-likeness (QED) is 0.535. The van der Waals surface area contributed by atoms with E-state index in [-0.39, 0.29) is 0 Å². The van der Waals surface area contributed by atoms with Gasteiger partial charge in [0.1, 0.15) is 0 Å². The number of hydrogen-bond acceptors (Lipinski definition) is 1. The van der Waals surface area contributed by atoms with Crippen molar-refractivity contribution in [2.45, 2.75) is 11.4 Å². The zero-order chi connectivity index (χ0) is 6.85. The Hall–Kier alpha value is -0.0600. The standard InChI is InChI=1S/C6H9IN2/c1-5-3-6(4-7)8-9(5)2/h3H,4H2,1-2H3. The third-order valence-electron chi connectivity index (χ3n) is 1.30. The highest BCUT2D eigenvalue weighted by atomic mass is 127. The van der Waals surface area contributed by atoms with Crippen molar-refractivity contribution in [3.8, 4) is 0 Å². The molecule has 0 aliphatic rings. The van der Waals surface area contributed by atoms with Crippen molar-refractivity contribution in [1.82, 2.24) is 9.78 Å². The van der Waals surface area contributed by atoms with Crippen molar-refractivity contribution < 1.29 is 0 Å². The van der Waals surface area contributed by atoms with E-state index in [0.717, 1.165) is 10.1 Å². The number of aryl methyl sites for hydroxylation is 2. The second kappa shape index (κ2) is 2.68. The van der Waals surface area contributed by atoms with Gasteiger partial charge < -0.3 is 0 Å². The van der Waals surface area contributed by atoms with Gasteiger partial charge in [-0.1, -0.05) is 22.6 Å². The fraction of sp³-hybridized carbons (Fsp3) is 0.500. The molecule has 0 unspecified atom stereocenters. The maximum Gasteiger partial charge on any atom is 0.0724 e. The Morgan fingerprint density at radius 1 is 1.78 bits per heavy atom. The predicted octanol–water partition coefficient (Wildman–Crippen LogP) is 1.66. The number of nitrogens with zero attached hydrogens (tertiary/aromatic N) is 2. The van der Waals surface area contributed by atoms with Gasteiger partial charge in [0.05, 0.1) is 5.69 Å². The lowest BCUT2D eigenvalue weighted by Gasteiger charge is -1.88. The van der Waals surface area contributed by atoms with Crippen LogP contribution in [0, 0.1) is 6.92 Å². The normalized spacial score (nSPS) is 10.1. The molecule has 1 heterocycles. The maximum absolute atomic E-state index is 4.24. The van der Waals surface area contributed by atoms with Crippen LogP contribution in [0.5, 0.6) is 0 Å². The molecule has 3 heteroatoms. The van der Waals surface area contributed by atoms with Crippen LogP contribution < -0.4 is 0 Å². The first-order chi connectivity index (χ1) is 4.24. The van der Waals surface area contributed by atoms with Gasteiger partial charge in [-0.15, -0.1) is 0 Å². The second-order valence-electron chi connectivity index (χ2n) is 2.03. The zero-order valence-corrected chi connectivity index (χ0v) is 7.71. The molecule has 0 saturated heterocycles. The molecule has 0 saturated carbocycles. The van der Waals surface area contributed by atoms with Gasteiger partial charge in [-0.3, -0.25) is 4.68 Å². The highest BCUT2D eigenvalue weighted by Crippen LogP contribution is 2.04. The Morgan fingerprint density at radius 3 is 2.67 bits per heavy atom. The molecule has 50 valence electrons. The van der Waals surface area contributed by atoms with E-state index in [4.69, 9.17) is 0 Å². The summed E-state index contributed by atoms with van der Waals surface area (Å²) in [7, 11) is 1.96. The molecule has 0 atom stereocenters. The average molecular weight is 236 g/mol. The summed E-state index contributed by atoms with van der Waals surface area (Å²) in [6.07, 6.45) is 0. The maximum atomic E-state index is 4.24. The SMILES string of the molecule is Cc1cc(CI)nn1C. The topological polar surface area (TPSA) is 17.8 Å². The highest BCUT2D eigenvalue weighted by molar-refractivity contribution is 14.1. The number of aromatic nitrogens is 2. The lowest BCUT2D eigenvalue weighted by Crippen LogP contribution is -1.92. The van der Waals surface area contributed by atoms with Crippen molar-refractivity contribution in [1.29, 1.82) is 0 Å².